The largest absolute Gasteiger partial charge is 0.386 e. The van der Waals surface area contributed by atoms with E-state index in [9.17, 15) is 14.7 Å². The van der Waals surface area contributed by atoms with Crippen molar-refractivity contribution in [3.63, 3.8) is 0 Å². The summed E-state index contributed by atoms with van der Waals surface area (Å²) < 4.78 is 0. The van der Waals surface area contributed by atoms with Crippen molar-refractivity contribution in [2.24, 2.45) is 5.41 Å². The summed E-state index contributed by atoms with van der Waals surface area (Å²) in [6, 6.07) is 4.79. The summed E-state index contributed by atoms with van der Waals surface area (Å²) in [5.41, 5.74) is 0.282. The number of β-amino-alcohol motifs (C(OH)–C–C–N with tert-alkyl or cyclic N) is 1. The highest BCUT2D eigenvalue weighted by molar-refractivity contribution is 6.33. The van der Waals surface area contributed by atoms with Crippen LogP contribution in [0, 0.1) is 5.41 Å². The predicted molar refractivity (Wildman–Crippen MR) is 92.9 cm³/mol. The van der Waals surface area contributed by atoms with Crippen LogP contribution < -0.4 is 0 Å². The van der Waals surface area contributed by atoms with Gasteiger partial charge < -0.3 is 5.11 Å². The minimum absolute atomic E-state index is 0.0756. The molecule has 1 unspecified atom stereocenters. The van der Waals surface area contributed by atoms with E-state index >= 15 is 0 Å². The molecule has 2 amide bonds. The van der Waals surface area contributed by atoms with E-state index in [1.165, 1.54) is 11.3 Å². The lowest BCUT2D eigenvalue weighted by molar-refractivity contribution is -0.156. The summed E-state index contributed by atoms with van der Waals surface area (Å²) in [4.78, 5) is 26.2. The van der Waals surface area contributed by atoms with Gasteiger partial charge in [-0.15, -0.1) is 0 Å². The number of nitrogens with zero attached hydrogens (tertiary/aromatic N) is 1. The Morgan fingerprint density at radius 3 is 2.33 bits per heavy atom. The van der Waals surface area contributed by atoms with Crippen molar-refractivity contribution in [2.75, 3.05) is 6.54 Å². The molecule has 130 valence electrons. The molecule has 6 heteroatoms. The number of aliphatic hydroxyl groups excluding tert-OH is 1. The van der Waals surface area contributed by atoms with Gasteiger partial charge in [0.1, 0.15) is 0 Å². The van der Waals surface area contributed by atoms with Gasteiger partial charge >= 0.3 is 0 Å². The van der Waals surface area contributed by atoms with E-state index in [2.05, 4.69) is 0 Å². The lowest BCUT2D eigenvalue weighted by Crippen LogP contribution is -2.49. The SMILES string of the molecule is O=C1CC2(CCCCC2)CC(=O)N1CC(O)c1cc(Cl)ccc1Cl. The molecule has 1 N–H and O–H groups in total. The van der Waals surface area contributed by atoms with Gasteiger partial charge in [0, 0.05) is 28.5 Å². The number of hydrogen-bond donors (Lipinski definition) is 1. The van der Waals surface area contributed by atoms with Crippen molar-refractivity contribution < 1.29 is 14.7 Å². The van der Waals surface area contributed by atoms with Gasteiger partial charge in [0.05, 0.1) is 12.6 Å². The standard InChI is InChI=1S/C18H21Cl2NO3/c19-12-4-5-14(20)13(8-12)15(22)11-21-16(23)9-18(10-17(21)24)6-2-1-3-7-18/h4-5,8,15,22H,1-3,6-7,9-11H2. The minimum Gasteiger partial charge on any atom is -0.386 e. The Morgan fingerprint density at radius 1 is 1.08 bits per heavy atom. The minimum atomic E-state index is -1.04. The van der Waals surface area contributed by atoms with Crippen molar-refractivity contribution in [2.45, 2.75) is 51.0 Å². The molecule has 0 bridgehead atoms. The molecule has 1 saturated carbocycles. The maximum atomic E-state index is 12.5. The van der Waals surface area contributed by atoms with Crippen LogP contribution in [0.5, 0.6) is 0 Å². The van der Waals surface area contributed by atoms with Crippen LogP contribution in [-0.4, -0.2) is 28.4 Å². The molecule has 2 fully saturated rings. The maximum Gasteiger partial charge on any atom is 0.229 e. The molecule has 0 aromatic heterocycles. The summed E-state index contributed by atoms with van der Waals surface area (Å²) in [7, 11) is 0. The number of hydrogen-bond acceptors (Lipinski definition) is 3. The third-order valence-electron chi connectivity index (χ3n) is 5.24. The van der Waals surface area contributed by atoms with Crippen molar-refractivity contribution in [3.05, 3.63) is 33.8 Å². The number of imide groups is 1. The number of aliphatic hydroxyl groups is 1. The molecule has 1 aromatic carbocycles. The summed E-state index contributed by atoms with van der Waals surface area (Å²) in [5.74, 6) is -0.379. The summed E-state index contributed by atoms with van der Waals surface area (Å²) in [6.07, 6.45) is 5.00. The van der Waals surface area contributed by atoms with E-state index in [-0.39, 0.29) is 23.8 Å². The average molecular weight is 370 g/mol. The second-order valence-corrected chi connectivity index (χ2v) is 7.84. The van der Waals surface area contributed by atoms with Crippen LogP contribution in [0.3, 0.4) is 0 Å². The second-order valence-electron chi connectivity index (χ2n) is 6.99. The van der Waals surface area contributed by atoms with Gasteiger partial charge in [0.15, 0.2) is 0 Å². The zero-order valence-electron chi connectivity index (χ0n) is 13.4. The summed E-state index contributed by atoms with van der Waals surface area (Å²) in [5, 5.41) is 11.2. The first-order valence-electron chi connectivity index (χ1n) is 8.36. The Kier molecular flexibility index (Phi) is 5.19. The normalized spacial score (nSPS) is 22.0. The lowest BCUT2D eigenvalue weighted by atomic mass is 9.67. The third kappa shape index (κ3) is 3.61. The molecular formula is C18H21Cl2NO3. The van der Waals surface area contributed by atoms with Crippen LogP contribution in [0.25, 0.3) is 0 Å². The zero-order valence-corrected chi connectivity index (χ0v) is 14.9. The monoisotopic (exact) mass is 369 g/mol. The van der Waals surface area contributed by atoms with Gasteiger partial charge in [0.2, 0.25) is 11.8 Å². The molecule has 1 atom stereocenters. The van der Waals surface area contributed by atoms with E-state index in [0.717, 1.165) is 25.7 Å². The van der Waals surface area contributed by atoms with Crippen molar-refractivity contribution in [1.82, 2.24) is 4.90 Å². The Bertz CT molecular complexity index is 636. The van der Waals surface area contributed by atoms with E-state index in [4.69, 9.17) is 23.2 Å². The van der Waals surface area contributed by atoms with Gasteiger partial charge in [-0.1, -0.05) is 42.5 Å². The Labute approximate surface area is 151 Å². The van der Waals surface area contributed by atoms with E-state index in [1.54, 1.807) is 18.2 Å². The van der Waals surface area contributed by atoms with E-state index in [0.29, 0.717) is 28.5 Å². The smallest absolute Gasteiger partial charge is 0.229 e. The molecule has 1 heterocycles. The Hall–Kier alpha value is -1.10. The highest BCUT2D eigenvalue weighted by atomic mass is 35.5. The Balaban J connectivity index is 1.72. The molecule has 0 radical (unpaired) electrons. The van der Waals surface area contributed by atoms with Crippen LogP contribution in [0.15, 0.2) is 18.2 Å². The van der Waals surface area contributed by atoms with Crippen LogP contribution in [0.4, 0.5) is 0 Å². The number of amides is 2. The highest BCUT2D eigenvalue weighted by Gasteiger charge is 2.44. The number of benzene rings is 1. The fraction of sp³-hybridized carbons (Fsp3) is 0.556. The number of carbonyl (C=O) groups is 2. The zero-order chi connectivity index (χ0) is 17.3. The maximum absolute atomic E-state index is 12.5. The number of halogens is 2. The molecule has 1 aromatic rings. The van der Waals surface area contributed by atoms with Gasteiger partial charge in [-0.25, -0.2) is 0 Å². The van der Waals surface area contributed by atoms with Crippen molar-refractivity contribution in [1.29, 1.82) is 0 Å². The molecule has 3 rings (SSSR count). The fourth-order valence-electron chi connectivity index (χ4n) is 3.93. The average Bonchev–Trinajstić information content (AvgIpc) is 2.54. The van der Waals surface area contributed by atoms with Crippen molar-refractivity contribution in [3.8, 4) is 0 Å². The third-order valence-corrected chi connectivity index (χ3v) is 5.82. The number of likely N-dealkylation sites (tertiary alicyclic amines) is 1. The summed E-state index contributed by atoms with van der Waals surface area (Å²) in [6.45, 7) is -0.0756. The topological polar surface area (TPSA) is 57.6 Å². The quantitative estimate of drug-likeness (QED) is 0.814. The second kappa shape index (κ2) is 7.03. The molecule has 2 aliphatic rings. The number of rotatable bonds is 3. The Morgan fingerprint density at radius 2 is 1.71 bits per heavy atom. The molecular weight excluding hydrogens is 349 g/mol. The first-order valence-corrected chi connectivity index (χ1v) is 9.12. The fourth-order valence-corrected chi connectivity index (χ4v) is 4.36. The van der Waals surface area contributed by atoms with Crippen LogP contribution >= 0.6 is 23.2 Å². The molecule has 4 nitrogen and oxygen atoms in total. The lowest BCUT2D eigenvalue weighted by Gasteiger charge is -2.42. The molecule has 24 heavy (non-hydrogen) atoms. The van der Waals surface area contributed by atoms with Crippen LogP contribution in [0.2, 0.25) is 10.0 Å². The number of carbonyl (C=O) groups excluding carboxylic acids is 2. The first-order chi connectivity index (χ1) is 11.4. The van der Waals surface area contributed by atoms with Gasteiger partial charge in [-0.2, -0.15) is 0 Å². The van der Waals surface area contributed by atoms with Gasteiger partial charge in [0.25, 0.3) is 0 Å². The van der Waals surface area contributed by atoms with E-state index in [1.807, 2.05) is 0 Å². The van der Waals surface area contributed by atoms with Crippen LogP contribution in [-0.2, 0) is 9.59 Å². The van der Waals surface area contributed by atoms with E-state index < -0.39 is 6.10 Å². The predicted octanol–water partition coefficient (Wildman–Crippen LogP) is 4.13. The molecule has 1 spiro atoms. The number of piperidine rings is 1. The van der Waals surface area contributed by atoms with Gasteiger partial charge in [-0.3, -0.25) is 14.5 Å². The summed E-state index contributed by atoms with van der Waals surface area (Å²) >= 11 is 12.0. The highest BCUT2D eigenvalue weighted by Crippen LogP contribution is 2.45. The first kappa shape index (κ1) is 17.7. The molecule has 1 saturated heterocycles. The molecule has 1 aliphatic carbocycles. The van der Waals surface area contributed by atoms with Crippen molar-refractivity contribution >= 4 is 35.0 Å². The molecule has 1 aliphatic heterocycles. The van der Waals surface area contributed by atoms with Crippen LogP contribution in [0.1, 0.15) is 56.6 Å². The van der Waals surface area contributed by atoms with Gasteiger partial charge in [-0.05, 0) is 36.5 Å².